The first kappa shape index (κ1) is 22.1. The zero-order chi connectivity index (χ0) is 19.3. The molecule has 1 fully saturated rings. The first-order valence-electron chi connectivity index (χ1n) is 10.7. The third kappa shape index (κ3) is 8.58. The second-order valence-electron chi connectivity index (χ2n) is 6.99. The third-order valence-electron chi connectivity index (χ3n) is 4.99. The predicted molar refractivity (Wildman–Crippen MR) is 117 cm³/mol. The van der Waals surface area contributed by atoms with Crippen molar-refractivity contribution in [2.24, 2.45) is 4.99 Å². The molecule has 1 saturated heterocycles. The fourth-order valence-electron chi connectivity index (χ4n) is 3.22. The van der Waals surface area contributed by atoms with Crippen LogP contribution >= 0.6 is 11.3 Å². The van der Waals surface area contributed by atoms with Crippen LogP contribution in [0.2, 0.25) is 0 Å². The SMILES string of the molecule is CCNC(=NCCCCN1CCN(CC)CC1)NCCc1ncc(CC)s1. The summed E-state index contributed by atoms with van der Waals surface area (Å²) in [5.74, 6) is 0.932. The Labute approximate surface area is 169 Å². The quantitative estimate of drug-likeness (QED) is 0.342. The van der Waals surface area contributed by atoms with E-state index in [4.69, 9.17) is 4.99 Å². The average molecular weight is 395 g/mol. The lowest BCUT2D eigenvalue weighted by Gasteiger charge is -2.33. The van der Waals surface area contributed by atoms with Crippen molar-refractivity contribution in [1.82, 2.24) is 25.4 Å². The van der Waals surface area contributed by atoms with Gasteiger partial charge in [-0.1, -0.05) is 13.8 Å². The molecule has 0 unspecified atom stereocenters. The molecule has 7 heteroatoms. The number of piperazine rings is 1. The molecule has 154 valence electrons. The standard InChI is InChI=1S/C20H38N6S/c1-4-18-17-24-19(27-18)9-11-23-20(21-5-2)22-10-7-8-12-26-15-13-25(6-3)14-16-26/h17H,4-16H2,1-3H3,(H2,21,22,23). The molecular weight excluding hydrogens is 356 g/mol. The Balaban J connectivity index is 1.60. The molecule has 0 atom stereocenters. The van der Waals surface area contributed by atoms with E-state index in [0.29, 0.717) is 0 Å². The zero-order valence-corrected chi connectivity index (χ0v) is 18.3. The summed E-state index contributed by atoms with van der Waals surface area (Å²) in [6.07, 6.45) is 6.41. The second-order valence-corrected chi connectivity index (χ2v) is 8.19. The van der Waals surface area contributed by atoms with E-state index in [0.717, 1.165) is 44.9 Å². The predicted octanol–water partition coefficient (Wildman–Crippen LogP) is 2.22. The van der Waals surface area contributed by atoms with Gasteiger partial charge in [-0.05, 0) is 39.3 Å². The summed E-state index contributed by atoms with van der Waals surface area (Å²) >= 11 is 1.82. The number of hydrogen-bond donors (Lipinski definition) is 2. The van der Waals surface area contributed by atoms with Crippen molar-refractivity contribution >= 4 is 17.3 Å². The van der Waals surface area contributed by atoms with E-state index >= 15 is 0 Å². The maximum atomic E-state index is 4.72. The fourth-order valence-corrected chi connectivity index (χ4v) is 4.09. The van der Waals surface area contributed by atoms with Gasteiger partial charge in [0.25, 0.3) is 0 Å². The Bertz CT molecular complexity index is 536. The molecule has 0 amide bonds. The highest BCUT2D eigenvalue weighted by Gasteiger charge is 2.14. The Kier molecular flexibility index (Phi) is 10.7. The number of hydrogen-bond acceptors (Lipinski definition) is 5. The molecule has 2 N–H and O–H groups in total. The van der Waals surface area contributed by atoms with Crippen LogP contribution in [0.1, 0.15) is 43.5 Å². The first-order chi connectivity index (χ1) is 13.2. The molecule has 1 aliphatic rings. The lowest BCUT2D eigenvalue weighted by atomic mass is 10.2. The third-order valence-corrected chi connectivity index (χ3v) is 6.19. The smallest absolute Gasteiger partial charge is 0.191 e. The number of likely N-dealkylation sites (N-methyl/N-ethyl adjacent to an activating group) is 1. The monoisotopic (exact) mass is 394 g/mol. The van der Waals surface area contributed by atoms with Crippen LogP contribution in [0.15, 0.2) is 11.2 Å². The van der Waals surface area contributed by atoms with Crippen LogP contribution in [-0.2, 0) is 12.8 Å². The van der Waals surface area contributed by atoms with Crippen LogP contribution in [0.3, 0.4) is 0 Å². The van der Waals surface area contributed by atoms with Crippen molar-refractivity contribution in [1.29, 1.82) is 0 Å². The van der Waals surface area contributed by atoms with E-state index < -0.39 is 0 Å². The molecule has 1 aliphatic heterocycles. The van der Waals surface area contributed by atoms with Crippen molar-refractivity contribution in [2.45, 2.75) is 46.5 Å². The molecule has 2 rings (SSSR count). The highest BCUT2D eigenvalue weighted by Crippen LogP contribution is 2.13. The Morgan fingerprint density at radius 2 is 1.89 bits per heavy atom. The molecule has 0 spiro atoms. The van der Waals surface area contributed by atoms with Gasteiger partial charge in [-0.3, -0.25) is 4.99 Å². The van der Waals surface area contributed by atoms with Gasteiger partial charge < -0.3 is 20.4 Å². The Hall–Kier alpha value is -1.18. The maximum absolute atomic E-state index is 4.72. The van der Waals surface area contributed by atoms with Crippen LogP contribution in [0, 0.1) is 0 Å². The summed E-state index contributed by atoms with van der Waals surface area (Å²) in [6, 6.07) is 0. The van der Waals surface area contributed by atoms with Gasteiger partial charge in [0.05, 0.1) is 5.01 Å². The van der Waals surface area contributed by atoms with Gasteiger partial charge >= 0.3 is 0 Å². The van der Waals surface area contributed by atoms with Crippen LogP contribution in [0.4, 0.5) is 0 Å². The number of aromatic nitrogens is 1. The Morgan fingerprint density at radius 1 is 1.11 bits per heavy atom. The number of nitrogens with zero attached hydrogens (tertiary/aromatic N) is 4. The molecule has 1 aromatic heterocycles. The van der Waals surface area contributed by atoms with Gasteiger partial charge in [0.1, 0.15) is 0 Å². The molecular formula is C20H38N6S. The first-order valence-corrected chi connectivity index (χ1v) is 11.5. The topological polar surface area (TPSA) is 55.8 Å². The van der Waals surface area contributed by atoms with Crippen LogP contribution in [0.5, 0.6) is 0 Å². The number of guanidine groups is 1. The van der Waals surface area contributed by atoms with Crippen molar-refractivity contribution < 1.29 is 0 Å². The minimum Gasteiger partial charge on any atom is -0.357 e. The van der Waals surface area contributed by atoms with E-state index in [2.05, 4.69) is 46.2 Å². The summed E-state index contributed by atoms with van der Waals surface area (Å²) in [6.45, 7) is 16.5. The number of nitrogens with one attached hydrogen (secondary N) is 2. The number of rotatable bonds is 11. The summed E-state index contributed by atoms with van der Waals surface area (Å²) in [4.78, 5) is 15.7. The van der Waals surface area contributed by atoms with Gasteiger partial charge in [-0.2, -0.15) is 0 Å². The number of aryl methyl sites for hydroxylation is 1. The van der Waals surface area contributed by atoms with Gasteiger partial charge in [0.2, 0.25) is 0 Å². The average Bonchev–Trinajstić information content (AvgIpc) is 3.16. The van der Waals surface area contributed by atoms with Gasteiger partial charge in [-0.25, -0.2) is 4.98 Å². The van der Waals surface area contributed by atoms with Crippen molar-refractivity contribution in [3.05, 3.63) is 16.1 Å². The molecule has 0 bridgehead atoms. The maximum Gasteiger partial charge on any atom is 0.191 e. The molecule has 2 heterocycles. The highest BCUT2D eigenvalue weighted by atomic mass is 32.1. The molecule has 0 aromatic carbocycles. The summed E-state index contributed by atoms with van der Waals surface area (Å²) < 4.78 is 0. The molecule has 0 aliphatic carbocycles. The number of unbranched alkanes of at least 4 members (excludes halogenated alkanes) is 1. The summed E-state index contributed by atoms with van der Waals surface area (Å²) in [5.41, 5.74) is 0. The van der Waals surface area contributed by atoms with E-state index in [1.54, 1.807) is 0 Å². The summed E-state index contributed by atoms with van der Waals surface area (Å²) in [5, 5.41) is 7.99. The second kappa shape index (κ2) is 13.1. The zero-order valence-electron chi connectivity index (χ0n) is 17.5. The fraction of sp³-hybridized carbons (Fsp3) is 0.800. The minimum atomic E-state index is 0.879. The van der Waals surface area contributed by atoms with E-state index in [1.807, 2.05) is 17.5 Å². The minimum absolute atomic E-state index is 0.879. The molecule has 0 radical (unpaired) electrons. The van der Waals surface area contributed by atoms with Crippen molar-refractivity contribution in [3.63, 3.8) is 0 Å². The van der Waals surface area contributed by atoms with E-state index in [9.17, 15) is 0 Å². The molecule has 1 aromatic rings. The Morgan fingerprint density at radius 3 is 2.56 bits per heavy atom. The van der Waals surface area contributed by atoms with Crippen LogP contribution in [-0.4, -0.2) is 79.6 Å². The van der Waals surface area contributed by atoms with Gasteiger partial charge in [-0.15, -0.1) is 11.3 Å². The van der Waals surface area contributed by atoms with Gasteiger partial charge in [0, 0.05) is 63.3 Å². The van der Waals surface area contributed by atoms with Crippen LogP contribution in [0.25, 0.3) is 0 Å². The lowest BCUT2D eigenvalue weighted by Crippen LogP contribution is -2.46. The molecule has 27 heavy (non-hydrogen) atoms. The van der Waals surface area contributed by atoms with Crippen molar-refractivity contribution in [2.75, 3.05) is 58.9 Å². The van der Waals surface area contributed by atoms with Crippen LogP contribution < -0.4 is 10.6 Å². The highest BCUT2D eigenvalue weighted by molar-refractivity contribution is 7.11. The summed E-state index contributed by atoms with van der Waals surface area (Å²) in [7, 11) is 0. The van der Waals surface area contributed by atoms with Crippen molar-refractivity contribution in [3.8, 4) is 0 Å². The normalized spacial score (nSPS) is 16.6. The largest absolute Gasteiger partial charge is 0.357 e. The van der Waals surface area contributed by atoms with E-state index in [1.165, 1.54) is 55.6 Å². The van der Waals surface area contributed by atoms with Gasteiger partial charge in [0.15, 0.2) is 5.96 Å². The number of aliphatic imine (C=N–C) groups is 1. The molecule has 0 saturated carbocycles. The van der Waals surface area contributed by atoms with E-state index in [-0.39, 0.29) is 0 Å². The lowest BCUT2D eigenvalue weighted by molar-refractivity contribution is 0.136. The molecule has 6 nitrogen and oxygen atoms in total. The number of thiazole rings is 1.